The number of anilines is 1. The van der Waals surface area contributed by atoms with Crippen molar-refractivity contribution in [3.63, 3.8) is 0 Å². The van der Waals surface area contributed by atoms with Gasteiger partial charge in [0, 0.05) is 5.69 Å². The summed E-state index contributed by atoms with van der Waals surface area (Å²) in [5, 5.41) is 2.72. The van der Waals surface area contributed by atoms with Gasteiger partial charge in [0.1, 0.15) is 18.2 Å². The highest BCUT2D eigenvalue weighted by Crippen LogP contribution is 2.27. The van der Waals surface area contributed by atoms with Gasteiger partial charge in [0.15, 0.2) is 0 Å². The predicted octanol–water partition coefficient (Wildman–Crippen LogP) is 3.02. The summed E-state index contributed by atoms with van der Waals surface area (Å²) < 4.78 is 18.7. The van der Waals surface area contributed by atoms with Gasteiger partial charge in [-0.05, 0) is 36.2 Å². The van der Waals surface area contributed by atoms with Crippen molar-refractivity contribution in [3.8, 4) is 5.75 Å². The van der Waals surface area contributed by atoms with Crippen molar-refractivity contribution in [2.24, 2.45) is 5.92 Å². The summed E-state index contributed by atoms with van der Waals surface area (Å²) in [5.74, 6) is 0.0635. The van der Waals surface area contributed by atoms with Crippen LogP contribution in [0.3, 0.4) is 0 Å². The zero-order chi connectivity index (χ0) is 13.9. The van der Waals surface area contributed by atoms with Gasteiger partial charge in [0.25, 0.3) is 0 Å². The zero-order valence-corrected chi connectivity index (χ0v) is 10.8. The highest BCUT2D eigenvalue weighted by atomic mass is 19.1. The molecule has 102 valence electrons. The van der Waals surface area contributed by atoms with Crippen molar-refractivity contribution in [3.05, 3.63) is 59.9 Å². The molecule has 0 saturated heterocycles. The van der Waals surface area contributed by atoms with E-state index in [4.69, 9.17) is 4.74 Å². The third-order valence-electron chi connectivity index (χ3n) is 3.34. The van der Waals surface area contributed by atoms with Crippen LogP contribution in [0.15, 0.2) is 48.5 Å². The van der Waals surface area contributed by atoms with Gasteiger partial charge in [0.2, 0.25) is 5.91 Å². The van der Waals surface area contributed by atoms with E-state index in [2.05, 4.69) is 5.32 Å². The summed E-state index contributed by atoms with van der Waals surface area (Å²) in [6.45, 7) is 0.345. The summed E-state index contributed by atoms with van der Waals surface area (Å²) in [7, 11) is 0. The summed E-state index contributed by atoms with van der Waals surface area (Å²) in [5.41, 5.74) is 1.49. The van der Waals surface area contributed by atoms with Crippen molar-refractivity contribution in [2.45, 2.75) is 6.42 Å². The summed E-state index contributed by atoms with van der Waals surface area (Å²) in [6, 6.07) is 13.6. The third kappa shape index (κ3) is 2.64. The quantitative estimate of drug-likeness (QED) is 0.911. The molecule has 1 atom stereocenters. The van der Waals surface area contributed by atoms with Crippen LogP contribution in [-0.2, 0) is 11.2 Å². The molecule has 0 aliphatic carbocycles. The first kappa shape index (κ1) is 12.7. The van der Waals surface area contributed by atoms with Gasteiger partial charge in [-0.3, -0.25) is 4.79 Å². The lowest BCUT2D eigenvalue weighted by atomic mass is 9.96. The molecular weight excluding hydrogens is 257 g/mol. The van der Waals surface area contributed by atoms with Crippen LogP contribution in [0.25, 0.3) is 0 Å². The number of carbonyl (C=O) groups excluding carboxylic acids is 1. The van der Waals surface area contributed by atoms with E-state index in [0.29, 0.717) is 18.7 Å². The Kier molecular flexibility index (Phi) is 3.37. The maximum absolute atomic E-state index is 13.1. The SMILES string of the molecule is O=C(Nc1cccc(F)c1)[C@@H]1COc2ccccc2C1. The standard InChI is InChI=1S/C16H14FNO2/c17-13-5-3-6-14(9-13)18-16(19)12-8-11-4-1-2-7-15(11)20-10-12/h1-7,9,12H,8,10H2,(H,18,19)/t12-/m0/s1. The molecule has 4 heteroatoms. The first-order chi connectivity index (χ1) is 9.72. The smallest absolute Gasteiger partial charge is 0.231 e. The fraction of sp³-hybridized carbons (Fsp3) is 0.188. The Labute approximate surface area is 116 Å². The third-order valence-corrected chi connectivity index (χ3v) is 3.34. The van der Waals surface area contributed by atoms with Crippen molar-refractivity contribution in [1.29, 1.82) is 0 Å². The van der Waals surface area contributed by atoms with E-state index >= 15 is 0 Å². The van der Waals surface area contributed by atoms with Crippen LogP contribution >= 0.6 is 0 Å². The lowest BCUT2D eigenvalue weighted by molar-refractivity contribution is -0.121. The minimum atomic E-state index is -0.368. The number of benzene rings is 2. The molecule has 0 aromatic heterocycles. The zero-order valence-electron chi connectivity index (χ0n) is 10.8. The number of nitrogens with one attached hydrogen (secondary N) is 1. The number of halogens is 1. The number of fused-ring (bicyclic) bond motifs is 1. The number of para-hydroxylation sites is 1. The van der Waals surface area contributed by atoms with Gasteiger partial charge >= 0.3 is 0 Å². The number of amides is 1. The van der Waals surface area contributed by atoms with Gasteiger partial charge in [-0.2, -0.15) is 0 Å². The number of hydrogen-bond acceptors (Lipinski definition) is 2. The van der Waals surface area contributed by atoms with Crippen molar-refractivity contribution in [2.75, 3.05) is 11.9 Å². The van der Waals surface area contributed by atoms with E-state index in [-0.39, 0.29) is 17.6 Å². The average Bonchev–Trinajstić information content (AvgIpc) is 2.47. The number of ether oxygens (including phenoxy) is 1. The minimum absolute atomic E-state index is 0.148. The Bertz CT molecular complexity index is 642. The van der Waals surface area contributed by atoms with E-state index < -0.39 is 0 Å². The number of rotatable bonds is 2. The maximum atomic E-state index is 13.1. The molecule has 0 bridgehead atoms. The molecule has 1 aliphatic heterocycles. The first-order valence-electron chi connectivity index (χ1n) is 6.49. The maximum Gasteiger partial charge on any atom is 0.231 e. The Morgan fingerprint density at radius 1 is 1.20 bits per heavy atom. The highest BCUT2D eigenvalue weighted by Gasteiger charge is 2.25. The van der Waals surface area contributed by atoms with E-state index in [1.165, 1.54) is 12.1 Å². The van der Waals surface area contributed by atoms with E-state index in [1.54, 1.807) is 12.1 Å². The van der Waals surface area contributed by atoms with Crippen LogP contribution in [-0.4, -0.2) is 12.5 Å². The molecule has 1 amide bonds. The Balaban J connectivity index is 1.70. The molecule has 3 rings (SSSR count). The topological polar surface area (TPSA) is 38.3 Å². The van der Waals surface area contributed by atoms with Gasteiger partial charge < -0.3 is 10.1 Å². The predicted molar refractivity (Wildman–Crippen MR) is 74.2 cm³/mol. The van der Waals surface area contributed by atoms with Crippen molar-refractivity contribution >= 4 is 11.6 Å². The molecule has 20 heavy (non-hydrogen) atoms. The van der Waals surface area contributed by atoms with Crippen LogP contribution in [0.2, 0.25) is 0 Å². The van der Waals surface area contributed by atoms with E-state index in [9.17, 15) is 9.18 Å². The number of carbonyl (C=O) groups is 1. The van der Waals surface area contributed by atoms with Crippen LogP contribution < -0.4 is 10.1 Å². The second-order valence-corrected chi connectivity index (χ2v) is 4.82. The average molecular weight is 271 g/mol. The molecule has 1 N–H and O–H groups in total. The van der Waals surface area contributed by atoms with Crippen LogP contribution in [0.5, 0.6) is 5.75 Å². The van der Waals surface area contributed by atoms with Crippen LogP contribution in [0.1, 0.15) is 5.56 Å². The first-order valence-corrected chi connectivity index (χ1v) is 6.49. The fourth-order valence-corrected chi connectivity index (χ4v) is 2.31. The van der Waals surface area contributed by atoms with Crippen molar-refractivity contribution in [1.82, 2.24) is 0 Å². The highest BCUT2D eigenvalue weighted by molar-refractivity contribution is 5.93. The minimum Gasteiger partial charge on any atom is -0.492 e. The summed E-state index contributed by atoms with van der Waals surface area (Å²) >= 11 is 0. The molecule has 2 aromatic rings. The lowest BCUT2D eigenvalue weighted by Crippen LogP contribution is -2.32. The van der Waals surface area contributed by atoms with Gasteiger partial charge in [0.05, 0.1) is 5.92 Å². The second-order valence-electron chi connectivity index (χ2n) is 4.82. The monoisotopic (exact) mass is 271 g/mol. The molecule has 1 aliphatic rings. The molecule has 1 heterocycles. The second kappa shape index (κ2) is 5.33. The van der Waals surface area contributed by atoms with Crippen LogP contribution in [0.4, 0.5) is 10.1 Å². The Morgan fingerprint density at radius 2 is 2.05 bits per heavy atom. The molecule has 3 nitrogen and oxygen atoms in total. The van der Waals surface area contributed by atoms with E-state index in [0.717, 1.165) is 11.3 Å². The lowest BCUT2D eigenvalue weighted by Gasteiger charge is -2.24. The fourth-order valence-electron chi connectivity index (χ4n) is 2.31. The van der Waals surface area contributed by atoms with E-state index in [1.807, 2.05) is 24.3 Å². The van der Waals surface area contributed by atoms with Gasteiger partial charge in [-0.1, -0.05) is 24.3 Å². The van der Waals surface area contributed by atoms with Crippen molar-refractivity contribution < 1.29 is 13.9 Å². The normalized spacial score (nSPS) is 16.9. The van der Waals surface area contributed by atoms with Crippen LogP contribution in [0, 0.1) is 11.7 Å². The molecular formula is C16H14FNO2. The molecule has 0 fully saturated rings. The van der Waals surface area contributed by atoms with Gasteiger partial charge in [-0.15, -0.1) is 0 Å². The summed E-state index contributed by atoms with van der Waals surface area (Å²) in [6.07, 6.45) is 0.636. The molecule has 0 unspecified atom stereocenters. The Morgan fingerprint density at radius 3 is 2.90 bits per heavy atom. The molecule has 2 aromatic carbocycles. The molecule has 0 spiro atoms. The van der Waals surface area contributed by atoms with Gasteiger partial charge in [-0.25, -0.2) is 4.39 Å². The number of hydrogen-bond donors (Lipinski definition) is 1. The largest absolute Gasteiger partial charge is 0.492 e. The summed E-state index contributed by atoms with van der Waals surface area (Å²) in [4.78, 5) is 12.2. The Hall–Kier alpha value is -2.36. The molecule has 0 radical (unpaired) electrons. The molecule has 0 saturated carbocycles.